The Morgan fingerprint density at radius 1 is 0.262 bits per heavy atom. The van der Waals surface area contributed by atoms with E-state index in [1.54, 1.807) is 0 Å². The largest absolute Gasteiger partial charge is 0.456 e. The van der Waals surface area contributed by atoms with E-state index in [1.807, 2.05) is 48.5 Å². The van der Waals surface area contributed by atoms with Gasteiger partial charge in [0.1, 0.15) is 11.2 Å². The predicted octanol–water partition coefficient (Wildman–Crippen LogP) is 15.7. The zero-order valence-electron chi connectivity index (χ0n) is 33.2. The van der Waals surface area contributed by atoms with Crippen LogP contribution in [0.3, 0.4) is 0 Å². The summed E-state index contributed by atoms with van der Waals surface area (Å²) in [6.07, 6.45) is 0. The summed E-state index contributed by atoms with van der Waals surface area (Å²) in [4.78, 5) is 10.2. The van der Waals surface area contributed by atoms with Gasteiger partial charge in [-0.1, -0.05) is 182 Å². The summed E-state index contributed by atoms with van der Waals surface area (Å²) < 4.78 is 6.45. The highest BCUT2D eigenvalue weighted by Crippen LogP contribution is 2.45. The summed E-state index contributed by atoms with van der Waals surface area (Å²) in [7, 11) is 0. The fourth-order valence-corrected chi connectivity index (χ4v) is 8.50. The first-order chi connectivity index (χ1) is 30.2. The lowest BCUT2D eigenvalue weighted by atomic mass is 9.84. The first-order valence-electron chi connectivity index (χ1n) is 20.6. The minimum Gasteiger partial charge on any atom is -0.456 e. The second kappa shape index (κ2) is 15.6. The molecule has 0 bridgehead atoms. The van der Waals surface area contributed by atoms with Crippen molar-refractivity contribution in [2.45, 2.75) is 0 Å². The molecule has 0 spiro atoms. The van der Waals surface area contributed by atoms with Crippen molar-refractivity contribution < 1.29 is 4.42 Å². The van der Waals surface area contributed by atoms with Crippen molar-refractivity contribution in [2.75, 3.05) is 0 Å². The Morgan fingerprint density at radius 3 is 1.41 bits per heavy atom. The van der Waals surface area contributed by atoms with Gasteiger partial charge in [0.2, 0.25) is 0 Å². The fourth-order valence-electron chi connectivity index (χ4n) is 8.50. The smallest absolute Gasteiger partial charge is 0.160 e. The predicted molar refractivity (Wildman–Crippen MR) is 253 cm³/mol. The minimum absolute atomic E-state index is 0.700. The SMILES string of the molecule is c1ccc(-c2cc(-c3cccc(-c4cccc(-c5cc(-c6ccccc6)nc(-c6ccccc6)n5)c4)c3)c(-c3ccccc3)c(-c3ccc4c(c3)oc3ccccc34)c2)cc1. The first kappa shape index (κ1) is 36.0. The van der Waals surface area contributed by atoms with Gasteiger partial charge in [-0.05, 0) is 104 Å². The van der Waals surface area contributed by atoms with Gasteiger partial charge in [0, 0.05) is 27.5 Å². The van der Waals surface area contributed by atoms with Crippen LogP contribution in [0.1, 0.15) is 0 Å². The van der Waals surface area contributed by atoms with Crippen LogP contribution in [-0.2, 0) is 0 Å². The third-order valence-corrected chi connectivity index (χ3v) is 11.5. The number of fused-ring (bicyclic) bond motifs is 3. The maximum Gasteiger partial charge on any atom is 0.160 e. The number of aromatic nitrogens is 2. The molecule has 9 aromatic carbocycles. The molecule has 0 saturated carbocycles. The molecule has 2 aromatic heterocycles. The van der Waals surface area contributed by atoms with Crippen LogP contribution in [0.2, 0.25) is 0 Å². The molecule has 3 nitrogen and oxygen atoms in total. The van der Waals surface area contributed by atoms with Crippen LogP contribution >= 0.6 is 0 Å². The van der Waals surface area contributed by atoms with Crippen molar-refractivity contribution in [1.82, 2.24) is 9.97 Å². The van der Waals surface area contributed by atoms with Gasteiger partial charge in [-0.15, -0.1) is 0 Å². The third-order valence-electron chi connectivity index (χ3n) is 11.5. The van der Waals surface area contributed by atoms with Crippen LogP contribution in [0.15, 0.2) is 235 Å². The molecule has 0 atom stereocenters. The van der Waals surface area contributed by atoms with E-state index < -0.39 is 0 Å². The minimum atomic E-state index is 0.700. The zero-order chi connectivity index (χ0) is 40.5. The molecule has 2 heterocycles. The highest BCUT2D eigenvalue weighted by molar-refractivity contribution is 6.07. The maximum absolute atomic E-state index is 6.45. The molecule has 0 fully saturated rings. The van der Waals surface area contributed by atoms with Crippen LogP contribution in [0, 0.1) is 0 Å². The number of furan rings is 1. The van der Waals surface area contributed by atoms with Crippen LogP contribution in [0.5, 0.6) is 0 Å². The summed E-state index contributed by atoms with van der Waals surface area (Å²) in [6, 6.07) is 81.3. The van der Waals surface area contributed by atoms with Gasteiger partial charge in [-0.2, -0.15) is 0 Å². The number of para-hydroxylation sites is 1. The normalized spacial score (nSPS) is 11.3. The topological polar surface area (TPSA) is 38.9 Å². The molecule has 11 rings (SSSR count). The summed E-state index contributed by atoms with van der Waals surface area (Å²) in [5.74, 6) is 0.700. The molecule has 0 saturated heterocycles. The molecular weight excluding hydrogens is 741 g/mol. The Bertz CT molecular complexity index is 3280. The lowest BCUT2D eigenvalue weighted by Crippen LogP contribution is -1.96. The van der Waals surface area contributed by atoms with E-state index >= 15 is 0 Å². The third kappa shape index (κ3) is 6.98. The standard InChI is InChI=1S/C58H38N2O/c1-5-17-39(18-6-1)48-35-51(57(41-21-9-3-10-22-41)52(36-48)46-31-32-50-49-29-13-14-30-55(49)61-56(50)37-46)45-27-15-25-43(33-45)44-26-16-28-47(34-44)54-38-53(40-19-7-2-8-20-40)59-58(60-54)42-23-11-4-12-24-42/h1-38H. The molecule has 61 heavy (non-hydrogen) atoms. The number of rotatable bonds is 8. The van der Waals surface area contributed by atoms with Gasteiger partial charge in [0.15, 0.2) is 5.82 Å². The van der Waals surface area contributed by atoms with Crippen LogP contribution < -0.4 is 0 Å². The van der Waals surface area contributed by atoms with Gasteiger partial charge in [-0.3, -0.25) is 0 Å². The molecule has 0 aliphatic carbocycles. The van der Waals surface area contributed by atoms with Gasteiger partial charge >= 0.3 is 0 Å². The zero-order valence-corrected chi connectivity index (χ0v) is 33.2. The average Bonchev–Trinajstić information content (AvgIpc) is 3.73. The van der Waals surface area contributed by atoms with E-state index in [0.717, 1.165) is 100 Å². The maximum atomic E-state index is 6.45. The van der Waals surface area contributed by atoms with Crippen molar-refractivity contribution in [1.29, 1.82) is 0 Å². The Labute approximate surface area is 354 Å². The van der Waals surface area contributed by atoms with E-state index in [2.05, 4.69) is 182 Å². The lowest BCUT2D eigenvalue weighted by molar-refractivity contribution is 0.669. The van der Waals surface area contributed by atoms with Crippen molar-refractivity contribution in [3.63, 3.8) is 0 Å². The summed E-state index contributed by atoms with van der Waals surface area (Å²) >= 11 is 0. The average molecular weight is 779 g/mol. The Hall–Kier alpha value is -8.14. The number of hydrogen-bond acceptors (Lipinski definition) is 3. The van der Waals surface area contributed by atoms with Crippen LogP contribution in [-0.4, -0.2) is 9.97 Å². The lowest BCUT2D eigenvalue weighted by Gasteiger charge is -2.20. The van der Waals surface area contributed by atoms with E-state index in [0.29, 0.717) is 5.82 Å². The van der Waals surface area contributed by atoms with Gasteiger partial charge < -0.3 is 4.42 Å². The van der Waals surface area contributed by atoms with E-state index in [9.17, 15) is 0 Å². The number of hydrogen-bond donors (Lipinski definition) is 0. The molecule has 0 radical (unpaired) electrons. The van der Waals surface area contributed by atoms with Gasteiger partial charge in [0.05, 0.1) is 11.4 Å². The summed E-state index contributed by atoms with van der Waals surface area (Å²) in [6.45, 7) is 0. The molecule has 11 aromatic rings. The highest BCUT2D eigenvalue weighted by atomic mass is 16.3. The molecule has 0 aliphatic rings. The van der Waals surface area contributed by atoms with Crippen LogP contribution in [0.4, 0.5) is 0 Å². The highest BCUT2D eigenvalue weighted by Gasteiger charge is 2.19. The van der Waals surface area contributed by atoms with E-state index in [1.165, 1.54) is 5.56 Å². The van der Waals surface area contributed by atoms with Crippen molar-refractivity contribution >= 4 is 21.9 Å². The molecule has 286 valence electrons. The monoisotopic (exact) mass is 778 g/mol. The molecular formula is C58H38N2O. The van der Waals surface area contributed by atoms with E-state index in [-0.39, 0.29) is 0 Å². The second-order valence-electron chi connectivity index (χ2n) is 15.3. The van der Waals surface area contributed by atoms with Gasteiger partial charge in [0.25, 0.3) is 0 Å². The van der Waals surface area contributed by atoms with Crippen molar-refractivity contribution in [3.8, 4) is 89.5 Å². The number of nitrogens with zero attached hydrogens (tertiary/aromatic N) is 2. The number of benzene rings is 9. The Balaban J connectivity index is 1.08. The summed E-state index contributed by atoms with van der Waals surface area (Å²) in [5.41, 5.74) is 18.0. The molecule has 0 amide bonds. The first-order valence-corrected chi connectivity index (χ1v) is 20.6. The Morgan fingerprint density at radius 2 is 0.738 bits per heavy atom. The molecule has 0 N–H and O–H groups in total. The molecule has 0 aliphatic heterocycles. The second-order valence-corrected chi connectivity index (χ2v) is 15.3. The van der Waals surface area contributed by atoms with Gasteiger partial charge in [-0.25, -0.2) is 9.97 Å². The molecule has 0 unspecified atom stereocenters. The fraction of sp³-hybridized carbons (Fsp3) is 0. The molecule has 3 heteroatoms. The summed E-state index contributed by atoms with van der Waals surface area (Å²) in [5, 5.41) is 2.24. The van der Waals surface area contributed by atoms with Crippen molar-refractivity contribution in [2.24, 2.45) is 0 Å². The van der Waals surface area contributed by atoms with Crippen molar-refractivity contribution in [3.05, 3.63) is 231 Å². The van der Waals surface area contributed by atoms with Crippen LogP contribution in [0.25, 0.3) is 111 Å². The quantitative estimate of drug-likeness (QED) is 0.154. The van der Waals surface area contributed by atoms with E-state index in [4.69, 9.17) is 14.4 Å². The Kier molecular flexibility index (Phi) is 9.18.